The molecule has 2 heterocycles. The highest BCUT2D eigenvalue weighted by molar-refractivity contribution is 5.03. The maximum Gasteiger partial charge on any atom is 0.251 e. The third-order valence-electron chi connectivity index (χ3n) is 3.23. The van der Waals surface area contributed by atoms with Gasteiger partial charge in [0, 0.05) is 31.7 Å². The van der Waals surface area contributed by atoms with E-state index in [1.807, 2.05) is 0 Å². The van der Waals surface area contributed by atoms with E-state index in [0.717, 1.165) is 31.0 Å². The average molecular weight is 265 g/mol. The third kappa shape index (κ3) is 4.76. The second-order valence-electron chi connectivity index (χ2n) is 5.41. The van der Waals surface area contributed by atoms with Gasteiger partial charge in [0.1, 0.15) is 5.82 Å². The molecule has 1 aromatic heterocycles. The van der Waals surface area contributed by atoms with Crippen molar-refractivity contribution < 1.29 is 4.74 Å². The van der Waals surface area contributed by atoms with E-state index in [1.54, 1.807) is 6.07 Å². The van der Waals surface area contributed by atoms with Gasteiger partial charge in [0.15, 0.2) is 0 Å². The molecule has 0 saturated carbocycles. The van der Waals surface area contributed by atoms with E-state index in [4.69, 9.17) is 4.74 Å². The van der Waals surface area contributed by atoms with Gasteiger partial charge in [-0.05, 0) is 19.3 Å². The fourth-order valence-electron chi connectivity index (χ4n) is 2.24. The summed E-state index contributed by atoms with van der Waals surface area (Å²) in [6.07, 6.45) is 4.29. The number of nitrogens with zero attached hydrogens (tertiary/aromatic N) is 1. The number of hydrogen-bond donors (Lipinski definition) is 2. The minimum atomic E-state index is -0.0821. The second-order valence-corrected chi connectivity index (χ2v) is 5.41. The van der Waals surface area contributed by atoms with Crippen molar-refractivity contribution >= 4 is 0 Å². The minimum Gasteiger partial charge on any atom is -0.378 e. The summed E-state index contributed by atoms with van der Waals surface area (Å²) in [5.74, 6) is 0.736. The van der Waals surface area contributed by atoms with Crippen LogP contribution in [-0.2, 0) is 17.7 Å². The second kappa shape index (κ2) is 6.82. The first-order valence-corrected chi connectivity index (χ1v) is 7.07. The van der Waals surface area contributed by atoms with Crippen molar-refractivity contribution in [3.05, 3.63) is 27.9 Å². The molecule has 1 saturated heterocycles. The number of aromatic nitrogens is 2. The summed E-state index contributed by atoms with van der Waals surface area (Å²) >= 11 is 0. The summed E-state index contributed by atoms with van der Waals surface area (Å²) in [6.45, 7) is 5.59. The van der Waals surface area contributed by atoms with E-state index in [9.17, 15) is 4.79 Å². The highest BCUT2D eigenvalue weighted by Gasteiger charge is 2.16. The fourth-order valence-corrected chi connectivity index (χ4v) is 2.24. The molecule has 1 aliphatic heterocycles. The van der Waals surface area contributed by atoms with E-state index in [2.05, 4.69) is 29.1 Å². The zero-order valence-corrected chi connectivity index (χ0v) is 11.7. The van der Waals surface area contributed by atoms with Crippen LogP contribution in [-0.4, -0.2) is 28.7 Å². The number of rotatable bonds is 5. The molecule has 1 aliphatic rings. The molecule has 2 N–H and O–H groups in total. The minimum absolute atomic E-state index is 0.0821. The average Bonchev–Trinajstić information content (AvgIpc) is 2.37. The Labute approximate surface area is 113 Å². The molecule has 5 heteroatoms. The third-order valence-corrected chi connectivity index (χ3v) is 3.23. The SMILES string of the molecule is CC(C)NCc1cc(=O)[nH]c(CC2CCCCO2)n1. The highest BCUT2D eigenvalue weighted by atomic mass is 16.5. The monoisotopic (exact) mass is 265 g/mol. The molecule has 2 rings (SSSR count). The van der Waals surface area contributed by atoms with Crippen LogP contribution in [0.5, 0.6) is 0 Å². The molecular weight excluding hydrogens is 242 g/mol. The molecule has 1 fully saturated rings. The Balaban J connectivity index is 2.01. The van der Waals surface area contributed by atoms with Crippen LogP contribution < -0.4 is 10.9 Å². The summed E-state index contributed by atoms with van der Waals surface area (Å²) in [6, 6.07) is 1.94. The molecule has 0 spiro atoms. The van der Waals surface area contributed by atoms with Crippen molar-refractivity contribution in [1.29, 1.82) is 0 Å². The molecule has 0 amide bonds. The Morgan fingerprint density at radius 3 is 3.05 bits per heavy atom. The lowest BCUT2D eigenvalue weighted by molar-refractivity contribution is 0.0156. The molecule has 0 aliphatic carbocycles. The Morgan fingerprint density at radius 1 is 1.53 bits per heavy atom. The van der Waals surface area contributed by atoms with Gasteiger partial charge in [-0.25, -0.2) is 4.98 Å². The van der Waals surface area contributed by atoms with Crippen LogP contribution in [0.25, 0.3) is 0 Å². The van der Waals surface area contributed by atoms with Crippen molar-refractivity contribution in [2.24, 2.45) is 0 Å². The van der Waals surface area contributed by atoms with Gasteiger partial charge >= 0.3 is 0 Å². The lowest BCUT2D eigenvalue weighted by atomic mass is 10.1. The topological polar surface area (TPSA) is 67.0 Å². The van der Waals surface area contributed by atoms with Gasteiger partial charge in [-0.2, -0.15) is 0 Å². The first-order valence-electron chi connectivity index (χ1n) is 7.07. The molecule has 19 heavy (non-hydrogen) atoms. The Morgan fingerprint density at radius 2 is 2.37 bits per heavy atom. The van der Waals surface area contributed by atoms with Crippen LogP contribution in [0.2, 0.25) is 0 Å². The van der Waals surface area contributed by atoms with Crippen LogP contribution in [0, 0.1) is 0 Å². The van der Waals surface area contributed by atoms with Crippen LogP contribution in [0.1, 0.15) is 44.6 Å². The molecule has 106 valence electrons. The van der Waals surface area contributed by atoms with E-state index in [1.165, 1.54) is 6.42 Å². The van der Waals surface area contributed by atoms with Gasteiger partial charge in [-0.15, -0.1) is 0 Å². The summed E-state index contributed by atoms with van der Waals surface area (Å²) in [5, 5.41) is 3.27. The Kier molecular flexibility index (Phi) is 5.10. The van der Waals surface area contributed by atoms with Crippen molar-refractivity contribution in [2.75, 3.05) is 6.61 Å². The van der Waals surface area contributed by atoms with Gasteiger partial charge in [0.25, 0.3) is 5.56 Å². The quantitative estimate of drug-likeness (QED) is 0.844. The lowest BCUT2D eigenvalue weighted by Gasteiger charge is -2.22. The summed E-state index contributed by atoms with van der Waals surface area (Å²) in [4.78, 5) is 18.9. The van der Waals surface area contributed by atoms with Gasteiger partial charge in [-0.1, -0.05) is 13.8 Å². The van der Waals surface area contributed by atoms with E-state index >= 15 is 0 Å². The van der Waals surface area contributed by atoms with Crippen molar-refractivity contribution in [3.63, 3.8) is 0 Å². The maximum atomic E-state index is 11.6. The summed E-state index contributed by atoms with van der Waals surface area (Å²) in [5.41, 5.74) is 0.713. The van der Waals surface area contributed by atoms with Crippen LogP contribution >= 0.6 is 0 Å². The molecule has 1 atom stereocenters. The predicted octanol–water partition coefficient (Wildman–Crippen LogP) is 1.38. The molecule has 0 aromatic carbocycles. The number of H-pyrrole nitrogens is 1. The molecule has 1 unspecified atom stereocenters. The zero-order chi connectivity index (χ0) is 13.7. The van der Waals surface area contributed by atoms with E-state index in [-0.39, 0.29) is 11.7 Å². The first kappa shape index (κ1) is 14.2. The number of ether oxygens (including phenoxy) is 1. The molecule has 5 nitrogen and oxygen atoms in total. The first-order chi connectivity index (χ1) is 9.13. The number of hydrogen-bond acceptors (Lipinski definition) is 4. The van der Waals surface area contributed by atoms with Gasteiger partial charge in [0.2, 0.25) is 0 Å². The molecule has 1 aromatic rings. The smallest absolute Gasteiger partial charge is 0.251 e. The lowest BCUT2D eigenvalue weighted by Crippen LogP contribution is -2.27. The molecule has 0 radical (unpaired) electrons. The summed E-state index contributed by atoms with van der Waals surface area (Å²) < 4.78 is 5.68. The van der Waals surface area contributed by atoms with Gasteiger partial charge < -0.3 is 15.0 Å². The zero-order valence-electron chi connectivity index (χ0n) is 11.7. The molecule has 0 bridgehead atoms. The normalized spacial score (nSPS) is 19.8. The van der Waals surface area contributed by atoms with Gasteiger partial charge in [-0.3, -0.25) is 4.79 Å². The molecular formula is C14H23N3O2. The van der Waals surface area contributed by atoms with Crippen molar-refractivity contribution in [1.82, 2.24) is 15.3 Å². The number of nitrogens with one attached hydrogen (secondary N) is 2. The van der Waals surface area contributed by atoms with Crippen LogP contribution in [0.3, 0.4) is 0 Å². The van der Waals surface area contributed by atoms with Crippen LogP contribution in [0.4, 0.5) is 0 Å². The van der Waals surface area contributed by atoms with E-state index in [0.29, 0.717) is 19.0 Å². The van der Waals surface area contributed by atoms with E-state index < -0.39 is 0 Å². The maximum absolute atomic E-state index is 11.6. The Bertz CT molecular complexity index is 450. The predicted molar refractivity (Wildman–Crippen MR) is 74.1 cm³/mol. The highest BCUT2D eigenvalue weighted by Crippen LogP contribution is 2.15. The van der Waals surface area contributed by atoms with Gasteiger partial charge in [0.05, 0.1) is 11.8 Å². The standard InChI is InChI=1S/C14H23N3O2/c1-10(2)15-9-11-7-14(18)17-13(16-11)8-12-5-3-4-6-19-12/h7,10,12,15H,3-6,8-9H2,1-2H3,(H,16,17,18). The fraction of sp³-hybridized carbons (Fsp3) is 0.714. The van der Waals surface area contributed by atoms with Crippen molar-refractivity contribution in [2.45, 2.75) is 58.2 Å². The van der Waals surface area contributed by atoms with Crippen molar-refractivity contribution in [3.8, 4) is 0 Å². The summed E-state index contributed by atoms with van der Waals surface area (Å²) in [7, 11) is 0. The van der Waals surface area contributed by atoms with Crippen LogP contribution in [0.15, 0.2) is 10.9 Å². The largest absolute Gasteiger partial charge is 0.378 e. The number of aromatic amines is 1. The Hall–Kier alpha value is -1.20.